The fourth-order valence-corrected chi connectivity index (χ4v) is 2.87. The summed E-state index contributed by atoms with van der Waals surface area (Å²) in [7, 11) is 1.87. The highest BCUT2D eigenvalue weighted by Crippen LogP contribution is 2.28. The number of likely N-dealkylation sites (N-methyl/N-ethyl adjacent to an activating group) is 1. The van der Waals surface area contributed by atoms with Crippen LogP contribution in [-0.4, -0.2) is 30.5 Å². The average molecular weight is 397 g/mol. The van der Waals surface area contributed by atoms with Gasteiger partial charge in [-0.05, 0) is 33.0 Å². The van der Waals surface area contributed by atoms with Crippen LogP contribution in [0.3, 0.4) is 0 Å². The van der Waals surface area contributed by atoms with E-state index in [1.54, 1.807) is 0 Å². The maximum Gasteiger partial charge on any atom is 0.263 e. The van der Waals surface area contributed by atoms with E-state index in [0.29, 0.717) is 16.4 Å². The predicted molar refractivity (Wildman–Crippen MR) is 103 cm³/mol. The summed E-state index contributed by atoms with van der Waals surface area (Å²) in [4.78, 5) is 17.3. The molecule has 0 spiro atoms. The number of benzene rings is 1. The third-order valence-corrected chi connectivity index (χ3v) is 4.61. The molecule has 2 aromatic rings. The normalized spacial score (nSPS) is 11.1. The Kier molecular flexibility index (Phi) is 9.73. The lowest BCUT2D eigenvalue weighted by Crippen LogP contribution is -2.37. The number of hydrogen-bond acceptors (Lipinski definition) is 4. The quantitative estimate of drug-likeness (QED) is 0.804. The summed E-state index contributed by atoms with van der Waals surface area (Å²) in [5.41, 5.74) is 1.72. The molecule has 1 atom stereocenters. The highest BCUT2D eigenvalue weighted by Gasteiger charge is 2.16. The van der Waals surface area contributed by atoms with Crippen molar-refractivity contribution in [3.63, 3.8) is 0 Å². The van der Waals surface area contributed by atoms with Crippen molar-refractivity contribution in [1.29, 1.82) is 0 Å². The van der Waals surface area contributed by atoms with Gasteiger partial charge in [0, 0.05) is 23.2 Å². The number of rotatable bonds is 5. The van der Waals surface area contributed by atoms with Gasteiger partial charge in [0.25, 0.3) is 5.91 Å². The Hall–Kier alpha value is -0.850. The van der Waals surface area contributed by atoms with Crippen LogP contribution < -0.4 is 10.6 Å². The van der Waals surface area contributed by atoms with Crippen LogP contribution in [-0.2, 0) is 0 Å². The standard InChI is InChI=1S/C15H18ClN3OS.2ClH/c1-9(17-3)8-18-14(20)13-10(2)19-15(21-13)11-4-6-12(16)7-5-11;;/h4-7,9,17H,8H2,1-3H3,(H,18,20);2*1H. The second-order valence-corrected chi connectivity index (χ2v) is 6.28. The Labute approximate surface area is 157 Å². The lowest BCUT2D eigenvalue weighted by atomic mass is 10.2. The minimum atomic E-state index is -0.0766. The highest BCUT2D eigenvalue weighted by molar-refractivity contribution is 7.17. The number of thiazole rings is 1. The summed E-state index contributed by atoms with van der Waals surface area (Å²) in [6, 6.07) is 7.69. The zero-order chi connectivity index (χ0) is 15.4. The van der Waals surface area contributed by atoms with E-state index in [-0.39, 0.29) is 36.8 Å². The number of carbonyl (C=O) groups excluding carboxylic acids is 1. The van der Waals surface area contributed by atoms with E-state index < -0.39 is 0 Å². The Morgan fingerprint density at radius 1 is 1.30 bits per heavy atom. The zero-order valence-corrected chi connectivity index (χ0v) is 16.3. The number of nitrogens with zero attached hydrogens (tertiary/aromatic N) is 1. The van der Waals surface area contributed by atoms with E-state index in [4.69, 9.17) is 11.6 Å². The van der Waals surface area contributed by atoms with E-state index in [1.807, 2.05) is 45.2 Å². The lowest BCUT2D eigenvalue weighted by Gasteiger charge is -2.10. The Morgan fingerprint density at radius 2 is 1.91 bits per heavy atom. The van der Waals surface area contributed by atoms with Gasteiger partial charge in [-0.25, -0.2) is 4.98 Å². The fraction of sp³-hybridized carbons (Fsp3) is 0.333. The number of aromatic nitrogens is 1. The van der Waals surface area contributed by atoms with Gasteiger partial charge in [-0.1, -0.05) is 23.7 Å². The van der Waals surface area contributed by atoms with Gasteiger partial charge in [-0.15, -0.1) is 36.2 Å². The monoisotopic (exact) mass is 395 g/mol. The van der Waals surface area contributed by atoms with Gasteiger partial charge in [-0.2, -0.15) is 0 Å². The van der Waals surface area contributed by atoms with Crippen LogP contribution in [0, 0.1) is 6.92 Å². The average Bonchev–Trinajstić information content (AvgIpc) is 2.87. The SMILES string of the molecule is CNC(C)CNC(=O)c1sc(-c2ccc(Cl)cc2)nc1C.Cl.Cl. The molecular formula is C15H20Cl3N3OS. The van der Waals surface area contributed by atoms with Crippen molar-refractivity contribution in [3.05, 3.63) is 39.9 Å². The first-order valence-corrected chi connectivity index (χ1v) is 7.89. The topological polar surface area (TPSA) is 54.0 Å². The first-order chi connectivity index (χ1) is 10.0. The van der Waals surface area contributed by atoms with Crippen LogP contribution in [0.25, 0.3) is 10.6 Å². The first-order valence-electron chi connectivity index (χ1n) is 6.70. The molecule has 1 aromatic carbocycles. The molecule has 0 aliphatic carbocycles. The summed E-state index contributed by atoms with van der Waals surface area (Å²) in [6.07, 6.45) is 0. The lowest BCUT2D eigenvalue weighted by molar-refractivity contribution is 0.0954. The number of hydrogen-bond donors (Lipinski definition) is 2. The first kappa shape index (κ1) is 22.1. The van der Waals surface area contributed by atoms with E-state index in [0.717, 1.165) is 16.3 Å². The largest absolute Gasteiger partial charge is 0.350 e. The minimum absolute atomic E-state index is 0. The van der Waals surface area contributed by atoms with Gasteiger partial charge in [0.2, 0.25) is 0 Å². The van der Waals surface area contributed by atoms with Gasteiger partial charge < -0.3 is 10.6 Å². The molecule has 128 valence electrons. The molecule has 0 fully saturated rings. The third-order valence-electron chi connectivity index (χ3n) is 3.16. The number of nitrogens with one attached hydrogen (secondary N) is 2. The van der Waals surface area contributed by atoms with Crippen molar-refractivity contribution >= 4 is 53.7 Å². The van der Waals surface area contributed by atoms with E-state index in [2.05, 4.69) is 15.6 Å². The van der Waals surface area contributed by atoms with E-state index >= 15 is 0 Å². The predicted octanol–water partition coefficient (Wildman–Crippen LogP) is 3.95. The summed E-state index contributed by atoms with van der Waals surface area (Å²) in [5.74, 6) is -0.0766. The van der Waals surface area contributed by atoms with Crippen LogP contribution in [0.5, 0.6) is 0 Å². The maximum atomic E-state index is 12.2. The number of carbonyl (C=O) groups is 1. The molecule has 1 heterocycles. The van der Waals surface area contributed by atoms with Crippen molar-refractivity contribution < 1.29 is 4.79 Å². The molecule has 0 aliphatic heterocycles. The molecule has 2 N–H and O–H groups in total. The molecule has 8 heteroatoms. The molecule has 0 aliphatic rings. The molecule has 1 amide bonds. The third kappa shape index (κ3) is 5.94. The zero-order valence-electron chi connectivity index (χ0n) is 13.1. The van der Waals surface area contributed by atoms with Crippen molar-refractivity contribution in [1.82, 2.24) is 15.6 Å². The van der Waals surface area contributed by atoms with Crippen LogP contribution in [0.2, 0.25) is 5.02 Å². The van der Waals surface area contributed by atoms with Crippen molar-refractivity contribution in [2.45, 2.75) is 19.9 Å². The molecule has 0 saturated carbocycles. The van der Waals surface area contributed by atoms with Gasteiger partial charge in [0.05, 0.1) is 5.69 Å². The minimum Gasteiger partial charge on any atom is -0.350 e. The molecule has 2 rings (SSSR count). The summed E-state index contributed by atoms with van der Waals surface area (Å²) in [5, 5.41) is 7.51. The van der Waals surface area contributed by atoms with Gasteiger partial charge >= 0.3 is 0 Å². The molecular weight excluding hydrogens is 377 g/mol. The number of amides is 1. The Bertz CT molecular complexity index is 631. The van der Waals surface area contributed by atoms with Crippen LogP contribution in [0.1, 0.15) is 22.3 Å². The molecule has 4 nitrogen and oxygen atoms in total. The summed E-state index contributed by atoms with van der Waals surface area (Å²) >= 11 is 7.28. The van der Waals surface area contributed by atoms with Crippen LogP contribution in [0.15, 0.2) is 24.3 Å². The summed E-state index contributed by atoms with van der Waals surface area (Å²) < 4.78 is 0. The second-order valence-electron chi connectivity index (χ2n) is 4.84. The fourth-order valence-electron chi connectivity index (χ4n) is 1.75. The van der Waals surface area contributed by atoms with Gasteiger partial charge in [-0.3, -0.25) is 4.79 Å². The molecule has 1 unspecified atom stereocenters. The van der Waals surface area contributed by atoms with E-state index in [9.17, 15) is 4.79 Å². The molecule has 0 bridgehead atoms. The van der Waals surface area contributed by atoms with E-state index in [1.165, 1.54) is 11.3 Å². The highest BCUT2D eigenvalue weighted by atomic mass is 35.5. The Morgan fingerprint density at radius 3 is 2.48 bits per heavy atom. The van der Waals surface area contributed by atoms with Crippen LogP contribution >= 0.6 is 47.8 Å². The molecule has 0 radical (unpaired) electrons. The molecule has 0 saturated heterocycles. The summed E-state index contributed by atoms with van der Waals surface area (Å²) in [6.45, 7) is 4.45. The van der Waals surface area contributed by atoms with Crippen LogP contribution in [0.4, 0.5) is 0 Å². The molecule has 1 aromatic heterocycles. The smallest absolute Gasteiger partial charge is 0.263 e. The maximum absolute atomic E-state index is 12.2. The van der Waals surface area contributed by atoms with Gasteiger partial charge in [0.1, 0.15) is 9.88 Å². The van der Waals surface area contributed by atoms with Crippen molar-refractivity contribution in [3.8, 4) is 10.6 Å². The second kappa shape index (κ2) is 10.1. The number of aryl methyl sites for hydroxylation is 1. The molecule has 23 heavy (non-hydrogen) atoms. The number of halogens is 3. The van der Waals surface area contributed by atoms with Gasteiger partial charge in [0.15, 0.2) is 0 Å². The van der Waals surface area contributed by atoms with Crippen molar-refractivity contribution in [2.75, 3.05) is 13.6 Å². The Balaban J connectivity index is 0.00000242. The van der Waals surface area contributed by atoms with Crippen molar-refractivity contribution in [2.24, 2.45) is 0 Å².